The second-order valence-electron chi connectivity index (χ2n) is 3.23. The molecule has 1 aromatic heterocycles. The number of hydrogen-bond acceptors (Lipinski definition) is 5. The van der Waals surface area contributed by atoms with Crippen molar-refractivity contribution in [1.82, 2.24) is 9.97 Å². The van der Waals surface area contributed by atoms with E-state index in [0.29, 0.717) is 5.82 Å². The van der Waals surface area contributed by atoms with Crippen molar-refractivity contribution in [3.05, 3.63) is 11.4 Å². The molecule has 0 saturated heterocycles. The third-order valence-electron chi connectivity index (χ3n) is 2.04. The summed E-state index contributed by atoms with van der Waals surface area (Å²) in [6.07, 6.45) is 1.56. The highest BCUT2D eigenvalue weighted by atomic mass is 32.2. The number of nitrogens with two attached hydrogens (primary N) is 1. The van der Waals surface area contributed by atoms with Gasteiger partial charge in [-0.1, -0.05) is 6.92 Å². The SMILES string of the molecule is CCc1nc(N)c(C)c(SCCCO)n1. The molecule has 84 valence electrons. The number of nitrogens with zero attached hydrogens (tertiary/aromatic N) is 2. The molecular formula is C10H17N3OS. The van der Waals surface area contributed by atoms with Crippen LogP contribution in [0.4, 0.5) is 5.82 Å². The lowest BCUT2D eigenvalue weighted by atomic mass is 10.3. The highest BCUT2D eigenvalue weighted by Crippen LogP contribution is 2.23. The fourth-order valence-electron chi connectivity index (χ4n) is 1.09. The number of rotatable bonds is 5. The van der Waals surface area contributed by atoms with Gasteiger partial charge in [-0.15, -0.1) is 11.8 Å². The van der Waals surface area contributed by atoms with Crippen molar-refractivity contribution < 1.29 is 5.11 Å². The van der Waals surface area contributed by atoms with E-state index in [1.165, 1.54) is 0 Å². The van der Waals surface area contributed by atoms with Crippen LogP contribution in [-0.2, 0) is 6.42 Å². The first-order valence-electron chi connectivity index (χ1n) is 5.05. The topological polar surface area (TPSA) is 72.0 Å². The summed E-state index contributed by atoms with van der Waals surface area (Å²) in [5.41, 5.74) is 6.73. The molecule has 0 bridgehead atoms. The van der Waals surface area contributed by atoms with Crippen LogP contribution in [0.15, 0.2) is 5.03 Å². The van der Waals surface area contributed by atoms with Gasteiger partial charge >= 0.3 is 0 Å². The van der Waals surface area contributed by atoms with Gasteiger partial charge in [-0.2, -0.15) is 0 Å². The molecule has 0 spiro atoms. The van der Waals surface area contributed by atoms with Crippen LogP contribution in [0, 0.1) is 6.92 Å². The Balaban J connectivity index is 2.80. The number of anilines is 1. The minimum Gasteiger partial charge on any atom is -0.396 e. The van der Waals surface area contributed by atoms with Crippen LogP contribution in [0.2, 0.25) is 0 Å². The molecule has 5 heteroatoms. The molecule has 4 nitrogen and oxygen atoms in total. The van der Waals surface area contributed by atoms with Crippen LogP contribution in [0.25, 0.3) is 0 Å². The second kappa shape index (κ2) is 5.92. The van der Waals surface area contributed by atoms with E-state index in [2.05, 4.69) is 9.97 Å². The summed E-state index contributed by atoms with van der Waals surface area (Å²) in [5, 5.41) is 9.64. The predicted molar refractivity (Wildman–Crippen MR) is 63.0 cm³/mol. The summed E-state index contributed by atoms with van der Waals surface area (Å²) in [6, 6.07) is 0. The molecule has 3 N–H and O–H groups in total. The molecule has 1 heterocycles. The molecule has 0 amide bonds. The van der Waals surface area contributed by atoms with Crippen molar-refractivity contribution in [2.24, 2.45) is 0 Å². The van der Waals surface area contributed by atoms with Gasteiger partial charge in [0.2, 0.25) is 0 Å². The largest absolute Gasteiger partial charge is 0.396 e. The quantitative estimate of drug-likeness (QED) is 0.452. The van der Waals surface area contributed by atoms with Gasteiger partial charge in [-0.05, 0) is 13.3 Å². The lowest BCUT2D eigenvalue weighted by Crippen LogP contribution is -2.04. The minimum atomic E-state index is 0.216. The molecular weight excluding hydrogens is 210 g/mol. The van der Waals surface area contributed by atoms with Crippen molar-refractivity contribution in [3.63, 3.8) is 0 Å². The number of nitrogen functional groups attached to an aromatic ring is 1. The van der Waals surface area contributed by atoms with Crippen molar-refractivity contribution in [1.29, 1.82) is 0 Å². The van der Waals surface area contributed by atoms with Crippen molar-refractivity contribution in [2.75, 3.05) is 18.1 Å². The Labute approximate surface area is 94.3 Å². The van der Waals surface area contributed by atoms with Crippen LogP contribution >= 0.6 is 11.8 Å². The lowest BCUT2D eigenvalue weighted by molar-refractivity contribution is 0.296. The first-order chi connectivity index (χ1) is 7.19. The van der Waals surface area contributed by atoms with Crippen LogP contribution in [0.5, 0.6) is 0 Å². The van der Waals surface area contributed by atoms with Crippen molar-refractivity contribution >= 4 is 17.6 Å². The number of thioether (sulfide) groups is 1. The van der Waals surface area contributed by atoms with E-state index in [9.17, 15) is 0 Å². The molecule has 0 aromatic carbocycles. The van der Waals surface area contributed by atoms with Crippen LogP contribution in [0.3, 0.4) is 0 Å². The molecule has 1 rings (SSSR count). The zero-order chi connectivity index (χ0) is 11.3. The number of hydrogen-bond donors (Lipinski definition) is 2. The smallest absolute Gasteiger partial charge is 0.131 e. The summed E-state index contributed by atoms with van der Waals surface area (Å²) in [7, 11) is 0. The molecule has 1 aromatic rings. The van der Waals surface area contributed by atoms with Gasteiger partial charge in [-0.3, -0.25) is 0 Å². The van der Waals surface area contributed by atoms with E-state index in [4.69, 9.17) is 10.8 Å². The average molecular weight is 227 g/mol. The molecule has 0 fully saturated rings. The Morgan fingerprint density at radius 2 is 2.13 bits per heavy atom. The maximum atomic E-state index is 8.70. The van der Waals surface area contributed by atoms with Crippen LogP contribution in [-0.4, -0.2) is 27.4 Å². The van der Waals surface area contributed by atoms with Crippen molar-refractivity contribution in [3.8, 4) is 0 Å². The standard InChI is InChI=1S/C10H17N3OS/c1-3-8-12-9(11)7(2)10(13-8)15-6-4-5-14/h14H,3-6H2,1-2H3,(H2,11,12,13). The normalized spacial score (nSPS) is 10.6. The van der Waals surface area contributed by atoms with E-state index >= 15 is 0 Å². The number of aliphatic hydroxyl groups excluding tert-OH is 1. The Kier molecular flexibility index (Phi) is 4.84. The maximum absolute atomic E-state index is 8.70. The molecule has 0 aliphatic heterocycles. The highest BCUT2D eigenvalue weighted by Gasteiger charge is 2.07. The van der Waals surface area contributed by atoms with E-state index in [1.807, 2.05) is 13.8 Å². The molecule has 0 radical (unpaired) electrons. The molecule has 0 atom stereocenters. The average Bonchev–Trinajstić information content (AvgIpc) is 2.24. The Morgan fingerprint density at radius 1 is 1.40 bits per heavy atom. The predicted octanol–water partition coefficient (Wildman–Crippen LogP) is 1.40. The molecule has 0 aliphatic rings. The number of aromatic nitrogens is 2. The summed E-state index contributed by atoms with van der Waals surface area (Å²) < 4.78 is 0. The molecule has 15 heavy (non-hydrogen) atoms. The number of aryl methyl sites for hydroxylation is 1. The van der Waals surface area contributed by atoms with Gasteiger partial charge in [0.15, 0.2) is 0 Å². The zero-order valence-electron chi connectivity index (χ0n) is 9.16. The summed E-state index contributed by atoms with van der Waals surface area (Å²) in [6.45, 7) is 4.15. The molecule has 0 saturated carbocycles. The van der Waals surface area contributed by atoms with Gasteiger partial charge in [0.1, 0.15) is 16.7 Å². The summed E-state index contributed by atoms with van der Waals surface area (Å²) >= 11 is 1.62. The third kappa shape index (κ3) is 3.35. The third-order valence-corrected chi connectivity index (χ3v) is 3.21. The fraction of sp³-hybridized carbons (Fsp3) is 0.600. The van der Waals surface area contributed by atoms with Gasteiger partial charge in [0, 0.05) is 24.3 Å². The van der Waals surface area contributed by atoms with Crippen LogP contribution < -0.4 is 5.73 Å². The lowest BCUT2D eigenvalue weighted by Gasteiger charge is -2.08. The summed E-state index contributed by atoms with van der Waals surface area (Å²) in [4.78, 5) is 8.60. The van der Waals surface area contributed by atoms with E-state index in [0.717, 1.165) is 35.0 Å². The van der Waals surface area contributed by atoms with Gasteiger partial charge in [0.05, 0.1) is 0 Å². The summed E-state index contributed by atoms with van der Waals surface area (Å²) in [5.74, 6) is 2.20. The zero-order valence-corrected chi connectivity index (χ0v) is 9.97. The number of aliphatic hydroxyl groups is 1. The first-order valence-corrected chi connectivity index (χ1v) is 6.04. The first kappa shape index (κ1) is 12.3. The van der Waals surface area contributed by atoms with Gasteiger partial charge < -0.3 is 10.8 Å². The van der Waals surface area contributed by atoms with Gasteiger partial charge in [-0.25, -0.2) is 9.97 Å². The Morgan fingerprint density at radius 3 is 2.73 bits per heavy atom. The molecule has 0 unspecified atom stereocenters. The van der Waals surface area contributed by atoms with E-state index < -0.39 is 0 Å². The molecule has 0 aliphatic carbocycles. The van der Waals surface area contributed by atoms with E-state index in [1.54, 1.807) is 11.8 Å². The monoisotopic (exact) mass is 227 g/mol. The maximum Gasteiger partial charge on any atom is 0.131 e. The Hall–Kier alpha value is -0.810. The minimum absolute atomic E-state index is 0.216. The van der Waals surface area contributed by atoms with Gasteiger partial charge in [0.25, 0.3) is 0 Å². The second-order valence-corrected chi connectivity index (χ2v) is 4.32. The highest BCUT2D eigenvalue weighted by molar-refractivity contribution is 7.99. The van der Waals surface area contributed by atoms with E-state index in [-0.39, 0.29) is 6.61 Å². The van der Waals surface area contributed by atoms with Crippen molar-refractivity contribution in [2.45, 2.75) is 31.7 Å². The van der Waals surface area contributed by atoms with Crippen LogP contribution in [0.1, 0.15) is 24.7 Å². The fourth-order valence-corrected chi connectivity index (χ4v) is 2.05. The Bertz CT molecular complexity index is 331.